The quantitative estimate of drug-likeness (QED) is 0.170. The van der Waals surface area contributed by atoms with Gasteiger partial charge in [-0.05, 0) is 74.6 Å². The average Bonchev–Trinajstić information content (AvgIpc) is 3.92. The molecule has 0 amide bonds. The Hall–Kier alpha value is -5.13. The topological polar surface area (TPSA) is 121 Å². The van der Waals surface area contributed by atoms with Crippen LogP contribution >= 0.6 is 0 Å². The molecule has 0 saturated carbocycles. The van der Waals surface area contributed by atoms with Crippen molar-refractivity contribution in [3.63, 3.8) is 0 Å². The van der Waals surface area contributed by atoms with Crippen molar-refractivity contribution in [1.82, 2.24) is 24.8 Å². The molecule has 6 atom stereocenters. The molecule has 4 fully saturated rings. The minimum Gasteiger partial charge on any atom is -0.508 e. The highest BCUT2D eigenvalue weighted by Crippen LogP contribution is 2.48. The highest BCUT2D eigenvalue weighted by Gasteiger charge is 2.51. The zero-order valence-electron chi connectivity index (χ0n) is 33.7. The van der Waals surface area contributed by atoms with Gasteiger partial charge in [-0.2, -0.15) is 9.97 Å². The number of rotatable bonds is 6. The maximum absolute atomic E-state index is 17.7. The summed E-state index contributed by atoms with van der Waals surface area (Å²) in [6.07, 6.45) is 10.2. The number of piperazine rings is 1. The molecule has 8 heterocycles. The second kappa shape index (κ2) is 13.7. The zero-order valence-corrected chi connectivity index (χ0v) is 33.7. The second-order valence-electron chi connectivity index (χ2n) is 18.4. The first-order valence-electron chi connectivity index (χ1n) is 20.7. The van der Waals surface area contributed by atoms with Crippen molar-refractivity contribution in [3.05, 3.63) is 69.3 Å². The number of benzene rings is 2. The van der Waals surface area contributed by atoms with Crippen molar-refractivity contribution in [3.8, 4) is 35.4 Å². The van der Waals surface area contributed by atoms with Crippen molar-refractivity contribution in [2.75, 3.05) is 31.1 Å². The van der Waals surface area contributed by atoms with Crippen LogP contribution in [0.4, 0.5) is 19.0 Å². The summed E-state index contributed by atoms with van der Waals surface area (Å²) in [7, 11) is 0. The van der Waals surface area contributed by atoms with E-state index in [2.05, 4.69) is 27.5 Å². The van der Waals surface area contributed by atoms with E-state index in [0.717, 1.165) is 38.6 Å². The molecule has 0 spiro atoms. The summed E-state index contributed by atoms with van der Waals surface area (Å²) in [5.41, 5.74) is -0.395. The maximum atomic E-state index is 17.7. The number of aromatic nitrogens is 3. The standard InChI is InChI=1S/C45H47F3N6O5/c1-6-28-30(47)11-9-24-16-27(55)17-29(34(24)28)38-36(48)39-35-37(49-38)23(2)8-12-32-31-13-10-26(53(31)21-33-40(44(3,4)5)59-43(56)58-33)20-54(32)41(35)51-42(50-39)57-22-45-14-7-15-52(45)19-25(46)18-45/h1,9,11,16-17,23,25-26,31-32,55H,7-8,10,12-15,18-22H2,2-5H3/t23-,25-,26-,31+,32-,45+/m1/s1. The monoisotopic (exact) mass is 808 g/mol. The molecule has 59 heavy (non-hydrogen) atoms. The zero-order chi connectivity index (χ0) is 41.1. The molecule has 2 aromatic carbocycles. The van der Waals surface area contributed by atoms with Crippen molar-refractivity contribution in [1.29, 1.82) is 0 Å². The molecule has 308 valence electrons. The average molecular weight is 809 g/mol. The fraction of sp³-hybridized carbons (Fsp3) is 0.511. The van der Waals surface area contributed by atoms with Crippen molar-refractivity contribution in [2.24, 2.45) is 0 Å². The van der Waals surface area contributed by atoms with Gasteiger partial charge in [0.1, 0.15) is 41.4 Å². The summed E-state index contributed by atoms with van der Waals surface area (Å²) in [6, 6.07) is 5.59. The smallest absolute Gasteiger partial charge is 0.508 e. The van der Waals surface area contributed by atoms with E-state index in [4.69, 9.17) is 34.9 Å². The van der Waals surface area contributed by atoms with Crippen LogP contribution in [0.15, 0.2) is 37.9 Å². The lowest BCUT2D eigenvalue weighted by Crippen LogP contribution is -2.60. The van der Waals surface area contributed by atoms with Gasteiger partial charge in [-0.1, -0.05) is 39.7 Å². The third-order valence-electron chi connectivity index (χ3n) is 13.7. The van der Waals surface area contributed by atoms with Gasteiger partial charge in [0.15, 0.2) is 17.3 Å². The highest BCUT2D eigenvalue weighted by atomic mass is 19.1. The normalized spacial score (nSPS) is 26.9. The van der Waals surface area contributed by atoms with Crippen LogP contribution in [0.3, 0.4) is 0 Å². The molecule has 5 aromatic rings. The number of phenolic OH excluding ortho intramolecular Hbond substituents is 1. The number of anilines is 1. The number of nitrogens with zero attached hydrogens (tertiary/aromatic N) is 6. The molecule has 11 nitrogen and oxygen atoms in total. The summed E-state index contributed by atoms with van der Waals surface area (Å²) in [5, 5.41) is 12.0. The number of alkyl halides is 1. The van der Waals surface area contributed by atoms with Gasteiger partial charge in [-0.3, -0.25) is 9.80 Å². The van der Waals surface area contributed by atoms with E-state index in [-0.39, 0.29) is 70.1 Å². The Morgan fingerprint density at radius 3 is 2.66 bits per heavy atom. The number of halogens is 3. The number of fused-ring (bicyclic) bond motifs is 7. The van der Waals surface area contributed by atoms with Gasteiger partial charge in [-0.25, -0.2) is 22.9 Å². The van der Waals surface area contributed by atoms with Crippen LogP contribution in [-0.4, -0.2) is 85.9 Å². The fourth-order valence-electron chi connectivity index (χ4n) is 11.1. The Balaban J connectivity index is 1.14. The largest absolute Gasteiger partial charge is 0.519 e. The molecule has 1 N–H and O–H groups in total. The number of ether oxygens (including phenoxy) is 1. The first-order valence-corrected chi connectivity index (χ1v) is 20.7. The van der Waals surface area contributed by atoms with E-state index in [1.165, 1.54) is 24.3 Å². The summed E-state index contributed by atoms with van der Waals surface area (Å²) >= 11 is 0. The number of hydrogen-bond acceptors (Lipinski definition) is 11. The van der Waals surface area contributed by atoms with Crippen LogP contribution in [0.1, 0.15) is 101 Å². The third kappa shape index (κ3) is 6.09. The molecule has 14 heteroatoms. The summed E-state index contributed by atoms with van der Waals surface area (Å²) < 4.78 is 65.5. The molecular formula is C45H47F3N6O5. The maximum Gasteiger partial charge on any atom is 0.519 e. The lowest BCUT2D eigenvalue weighted by atomic mass is 9.87. The Bertz CT molecular complexity index is 2630. The van der Waals surface area contributed by atoms with Crippen LogP contribution in [0, 0.1) is 24.0 Å². The van der Waals surface area contributed by atoms with E-state index < -0.39 is 34.6 Å². The summed E-state index contributed by atoms with van der Waals surface area (Å²) in [4.78, 5) is 34.2. The minimum absolute atomic E-state index is 0.00649. The Labute approximate surface area is 339 Å². The van der Waals surface area contributed by atoms with Crippen LogP contribution in [0.25, 0.3) is 32.9 Å². The highest BCUT2D eigenvalue weighted by molar-refractivity contribution is 6.03. The van der Waals surface area contributed by atoms with Crippen LogP contribution < -0.4 is 15.5 Å². The SMILES string of the molecule is C#Cc1c(F)ccc2cc(O)cc(-c3nc4c5c(nc(OC[C@@]67CCCN6C[C@H](F)C7)nc5c3F)N3C[C@H]5CC[C@@H]([C@H]3CC[C@H]4C)N5Cc3oc(=O)oc3C(C)(C)C)c12. The Morgan fingerprint density at radius 1 is 1.05 bits per heavy atom. The van der Waals surface area contributed by atoms with Crippen molar-refractivity contribution in [2.45, 2.75) is 120 Å². The van der Waals surface area contributed by atoms with Gasteiger partial charge in [0.05, 0.1) is 28.7 Å². The molecule has 0 aliphatic carbocycles. The Morgan fingerprint density at radius 2 is 1.86 bits per heavy atom. The molecule has 4 saturated heterocycles. The molecule has 10 rings (SSSR count). The van der Waals surface area contributed by atoms with E-state index in [0.29, 0.717) is 66.3 Å². The molecule has 0 unspecified atom stereocenters. The first-order chi connectivity index (χ1) is 28.2. The number of pyridine rings is 1. The van der Waals surface area contributed by atoms with E-state index in [1.807, 2.05) is 20.8 Å². The first kappa shape index (κ1) is 38.1. The minimum atomic E-state index is -0.961. The van der Waals surface area contributed by atoms with Crippen LogP contribution in [0.2, 0.25) is 0 Å². The van der Waals surface area contributed by atoms with E-state index in [1.54, 1.807) is 0 Å². The van der Waals surface area contributed by atoms with Crippen LogP contribution in [0.5, 0.6) is 11.8 Å². The number of hydrogen-bond donors (Lipinski definition) is 1. The molecule has 2 bridgehead atoms. The predicted molar refractivity (Wildman–Crippen MR) is 215 cm³/mol. The number of terminal acetylenes is 1. The lowest BCUT2D eigenvalue weighted by Gasteiger charge is -2.48. The fourth-order valence-corrected chi connectivity index (χ4v) is 11.1. The van der Waals surface area contributed by atoms with Gasteiger partial charge in [-0.15, -0.1) is 6.42 Å². The van der Waals surface area contributed by atoms with Crippen molar-refractivity contribution >= 4 is 27.5 Å². The van der Waals surface area contributed by atoms with E-state index >= 15 is 8.78 Å². The third-order valence-corrected chi connectivity index (χ3v) is 13.7. The molecule has 3 aromatic heterocycles. The van der Waals surface area contributed by atoms with Gasteiger partial charge >= 0.3 is 11.8 Å². The summed E-state index contributed by atoms with van der Waals surface area (Å²) in [6.45, 7) is 10.3. The molecular weight excluding hydrogens is 762 g/mol. The van der Waals surface area contributed by atoms with Gasteiger partial charge in [0.2, 0.25) is 0 Å². The van der Waals surface area contributed by atoms with Gasteiger partial charge in [0, 0.05) is 54.0 Å². The second-order valence-corrected chi connectivity index (χ2v) is 18.4. The molecule has 0 radical (unpaired) electrons. The van der Waals surface area contributed by atoms with Gasteiger partial charge < -0.3 is 23.6 Å². The van der Waals surface area contributed by atoms with Crippen LogP contribution in [-0.2, 0) is 12.0 Å². The van der Waals surface area contributed by atoms with E-state index in [9.17, 15) is 14.3 Å². The van der Waals surface area contributed by atoms with Crippen molar-refractivity contribution < 1.29 is 31.8 Å². The summed E-state index contributed by atoms with van der Waals surface area (Å²) in [5.74, 6) is 1.53. The molecule has 5 aliphatic rings. The number of phenols is 1. The molecule has 5 aliphatic heterocycles. The predicted octanol–water partition coefficient (Wildman–Crippen LogP) is 7.73. The number of aromatic hydroxyl groups is 1. The Kier molecular flexibility index (Phi) is 8.85. The van der Waals surface area contributed by atoms with Gasteiger partial charge in [0.25, 0.3) is 0 Å². The lowest BCUT2D eigenvalue weighted by molar-refractivity contribution is 0.106.